The molecule has 1 heterocycles. The highest BCUT2D eigenvalue weighted by molar-refractivity contribution is 5.41. The predicted octanol–water partition coefficient (Wildman–Crippen LogP) is 1.73. The van der Waals surface area contributed by atoms with Crippen molar-refractivity contribution in [1.82, 2.24) is 4.98 Å². The van der Waals surface area contributed by atoms with E-state index in [1.54, 1.807) is 6.92 Å². The van der Waals surface area contributed by atoms with Crippen molar-refractivity contribution >= 4 is 5.82 Å². The molecule has 1 aromatic heterocycles. The number of nitrogen functional groups attached to an aromatic ring is 1. The van der Waals surface area contributed by atoms with Gasteiger partial charge in [0.05, 0.1) is 0 Å². The van der Waals surface area contributed by atoms with Gasteiger partial charge in [-0.05, 0) is 31.9 Å². The zero-order valence-electron chi connectivity index (χ0n) is 6.90. The quantitative estimate of drug-likeness (QED) is 0.618. The van der Waals surface area contributed by atoms with Crippen molar-refractivity contribution in [1.29, 1.82) is 0 Å². The van der Waals surface area contributed by atoms with E-state index in [2.05, 4.69) is 4.98 Å². The third-order valence-electron chi connectivity index (χ3n) is 1.95. The van der Waals surface area contributed by atoms with Crippen LogP contribution in [0.15, 0.2) is 0 Å². The molecule has 2 N–H and O–H groups in total. The summed E-state index contributed by atoms with van der Waals surface area (Å²) in [5.41, 5.74) is 7.56. The number of nitrogens with two attached hydrogens (primary N) is 1. The molecule has 0 aliphatic heterocycles. The third kappa shape index (κ3) is 1.18. The van der Waals surface area contributed by atoms with Gasteiger partial charge in [-0.15, -0.1) is 0 Å². The van der Waals surface area contributed by atoms with E-state index in [1.807, 2.05) is 13.8 Å². The van der Waals surface area contributed by atoms with Crippen LogP contribution in [0.5, 0.6) is 0 Å². The molecule has 2 nitrogen and oxygen atoms in total. The van der Waals surface area contributed by atoms with Crippen molar-refractivity contribution in [2.45, 2.75) is 20.8 Å². The normalized spacial score (nSPS) is 10.2. The summed E-state index contributed by atoms with van der Waals surface area (Å²) in [6.45, 7) is 5.36. The first-order chi connectivity index (χ1) is 5.04. The fraction of sp³-hybridized carbons (Fsp3) is 0.375. The fourth-order valence-corrected chi connectivity index (χ4v) is 0.942. The molecule has 0 aliphatic rings. The molecule has 60 valence electrons. The third-order valence-corrected chi connectivity index (χ3v) is 1.95. The van der Waals surface area contributed by atoms with Gasteiger partial charge in [-0.3, -0.25) is 0 Å². The fourth-order valence-electron chi connectivity index (χ4n) is 0.942. The molecule has 1 rings (SSSR count). The Morgan fingerprint density at radius 1 is 1.18 bits per heavy atom. The van der Waals surface area contributed by atoms with Gasteiger partial charge < -0.3 is 5.73 Å². The molecule has 1 aromatic rings. The number of hydrogen-bond acceptors (Lipinski definition) is 2. The minimum atomic E-state index is -0.395. The van der Waals surface area contributed by atoms with E-state index in [-0.39, 0.29) is 5.82 Å². The lowest BCUT2D eigenvalue weighted by Crippen LogP contribution is -2.02. The van der Waals surface area contributed by atoms with Crippen LogP contribution in [0, 0.1) is 26.6 Å². The van der Waals surface area contributed by atoms with Crippen molar-refractivity contribution < 1.29 is 4.39 Å². The van der Waals surface area contributed by atoms with Gasteiger partial charge in [-0.25, -0.2) is 9.37 Å². The number of rotatable bonds is 0. The maximum absolute atomic E-state index is 13.0. The molecule has 0 aliphatic carbocycles. The van der Waals surface area contributed by atoms with Crippen molar-refractivity contribution in [2.24, 2.45) is 0 Å². The summed E-state index contributed by atoms with van der Waals surface area (Å²) < 4.78 is 13.0. The average Bonchev–Trinajstić information content (AvgIpc) is 1.97. The van der Waals surface area contributed by atoms with Crippen molar-refractivity contribution in [3.8, 4) is 0 Å². The second kappa shape index (κ2) is 2.49. The number of aromatic nitrogens is 1. The smallest absolute Gasteiger partial charge is 0.168 e. The molecule has 0 spiro atoms. The van der Waals surface area contributed by atoms with Crippen molar-refractivity contribution in [3.63, 3.8) is 0 Å². The molecule has 0 amide bonds. The van der Waals surface area contributed by atoms with E-state index < -0.39 is 5.82 Å². The Morgan fingerprint density at radius 2 is 1.73 bits per heavy atom. The minimum absolute atomic E-state index is 0.00870. The van der Waals surface area contributed by atoms with Crippen molar-refractivity contribution in [2.75, 3.05) is 5.73 Å². The van der Waals surface area contributed by atoms with Crippen LogP contribution in [0.2, 0.25) is 0 Å². The first kappa shape index (κ1) is 7.98. The lowest BCUT2D eigenvalue weighted by Gasteiger charge is -2.06. The topological polar surface area (TPSA) is 38.9 Å². The molecule has 3 heteroatoms. The maximum Gasteiger partial charge on any atom is 0.168 e. The minimum Gasteiger partial charge on any atom is -0.381 e. The number of halogens is 1. The zero-order valence-corrected chi connectivity index (χ0v) is 6.90. The Kier molecular flexibility index (Phi) is 1.81. The summed E-state index contributed by atoms with van der Waals surface area (Å²) in [5.74, 6) is -0.404. The summed E-state index contributed by atoms with van der Waals surface area (Å²) in [4.78, 5) is 3.84. The molecule has 0 fully saturated rings. The van der Waals surface area contributed by atoms with Crippen LogP contribution in [0.25, 0.3) is 0 Å². The van der Waals surface area contributed by atoms with Gasteiger partial charge in [0.1, 0.15) is 0 Å². The predicted molar refractivity (Wildman–Crippen MR) is 42.8 cm³/mol. The van der Waals surface area contributed by atoms with E-state index in [0.717, 1.165) is 11.3 Å². The average molecular weight is 154 g/mol. The van der Waals surface area contributed by atoms with Gasteiger partial charge in [0.25, 0.3) is 0 Å². The zero-order chi connectivity index (χ0) is 8.59. The van der Waals surface area contributed by atoms with Gasteiger partial charge in [0.15, 0.2) is 11.6 Å². The number of nitrogens with zero attached hydrogens (tertiary/aromatic N) is 1. The first-order valence-corrected chi connectivity index (χ1v) is 3.42. The summed E-state index contributed by atoms with van der Waals surface area (Å²) in [5, 5.41) is 0. The van der Waals surface area contributed by atoms with Gasteiger partial charge >= 0.3 is 0 Å². The lowest BCUT2D eigenvalue weighted by molar-refractivity contribution is 0.614. The van der Waals surface area contributed by atoms with Gasteiger partial charge in [-0.2, -0.15) is 0 Å². The van der Waals surface area contributed by atoms with Crippen molar-refractivity contribution in [3.05, 3.63) is 22.6 Å². The van der Waals surface area contributed by atoms with E-state index in [1.165, 1.54) is 0 Å². The highest BCUT2D eigenvalue weighted by Gasteiger charge is 2.08. The standard InChI is InChI=1S/C8H11FN2/c1-4-5(2)7(9)8(10)11-6(4)3/h1-3H3,(H2,10,11). The molecule has 11 heavy (non-hydrogen) atoms. The molecule has 0 aromatic carbocycles. The molecule has 0 bridgehead atoms. The van der Waals surface area contributed by atoms with Crippen LogP contribution in [-0.2, 0) is 0 Å². The maximum atomic E-state index is 13.0. The summed E-state index contributed by atoms with van der Waals surface area (Å²) in [6.07, 6.45) is 0. The Morgan fingerprint density at radius 3 is 2.27 bits per heavy atom. The summed E-state index contributed by atoms with van der Waals surface area (Å²) in [7, 11) is 0. The Labute approximate surface area is 65.3 Å². The number of aryl methyl sites for hydroxylation is 1. The van der Waals surface area contributed by atoms with Gasteiger partial charge in [0.2, 0.25) is 0 Å². The molecule has 0 saturated carbocycles. The molecule has 0 atom stereocenters. The van der Waals surface area contributed by atoms with E-state index in [4.69, 9.17) is 5.73 Å². The molecule has 0 radical (unpaired) electrons. The van der Waals surface area contributed by atoms with Crippen LogP contribution < -0.4 is 5.73 Å². The van der Waals surface area contributed by atoms with Crippen LogP contribution in [0.3, 0.4) is 0 Å². The Hall–Kier alpha value is -1.12. The van der Waals surface area contributed by atoms with Gasteiger partial charge in [-0.1, -0.05) is 0 Å². The largest absolute Gasteiger partial charge is 0.381 e. The molecular weight excluding hydrogens is 143 g/mol. The molecule has 0 unspecified atom stereocenters. The van der Waals surface area contributed by atoms with Crippen LogP contribution in [-0.4, -0.2) is 4.98 Å². The first-order valence-electron chi connectivity index (χ1n) is 3.42. The van der Waals surface area contributed by atoms with E-state index in [0.29, 0.717) is 5.56 Å². The second-order valence-electron chi connectivity index (χ2n) is 2.65. The lowest BCUT2D eigenvalue weighted by atomic mass is 10.1. The number of anilines is 1. The van der Waals surface area contributed by atoms with Gasteiger partial charge in [0, 0.05) is 5.69 Å². The summed E-state index contributed by atoms with van der Waals surface area (Å²) >= 11 is 0. The SMILES string of the molecule is Cc1nc(N)c(F)c(C)c1C. The molecule has 0 saturated heterocycles. The second-order valence-corrected chi connectivity index (χ2v) is 2.65. The molecular formula is C8H11FN2. The highest BCUT2D eigenvalue weighted by atomic mass is 19.1. The number of hydrogen-bond donors (Lipinski definition) is 1. The van der Waals surface area contributed by atoms with Crippen LogP contribution in [0.4, 0.5) is 10.2 Å². The monoisotopic (exact) mass is 154 g/mol. The Balaban J connectivity index is 3.46. The van der Waals surface area contributed by atoms with E-state index in [9.17, 15) is 4.39 Å². The number of pyridine rings is 1. The van der Waals surface area contributed by atoms with Crippen LogP contribution >= 0.6 is 0 Å². The highest BCUT2D eigenvalue weighted by Crippen LogP contribution is 2.17. The van der Waals surface area contributed by atoms with E-state index >= 15 is 0 Å². The van der Waals surface area contributed by atoms with Crippen LogP contribution in [0.1, 0.15) is 16.8 Å². The Bertz CT molecular complexity index is 268. The summed E-state index contributed by atoms with van der Waals surface area (Å²) in [6, 6.07) is 0.